The van der Waals surface area contributed by atoms with Crippen molar-refractivity contribution in [1.29, 1.82) is 0 Å². The third-order valence-corrected chi connectivity index (χ3v) is 4.16. The van der Waals surface area contributed by atoms with Gasteiger partial charge < -0.3 is 5.32 Å². The summed E-state index contributed by atoms with van der Waals surface area (Å²) in [7, 11) is 0. The van der Waals surface area contributed by atoms with Crippen LogP contribution in [0.5, 0.6) is 0 Å². The van der Waals surface area contributed by atoms with E-state index in [9.17, 15) is 8.78 Å². The molecule has 0 aromatic carbocycles. The number of piperazine rings is 1. The van der Waals surface area contributed by atoms with Crippen LogP contribution in [0.3, 0.4) is 0 Å². The molecule has 4 heteroatoms. The van der Waals surface area contributed by atoms with E-state index in [2.05, 4.69) is 5.32 Å². The van der Waals surface area contributed by atoms with E-state index in [1.54, 1.807) is 0 Å². The zero-order valence-electron chi connectivity index (χ0n) is 10.2. The molecule has 0 aromatic heterocycles. The predicted molar refractivity (Wildman–Crippen MR) is 60.9 cm³/mol. The number of nitrogens with one attached hydrogen (secondary N) is 1. The Labute approximate surface area is 96.4 Å². The molecule has 0 unspecified atom stereocenters. The zero-order valence-corrected chi connectivity index (χ0v) is 10.2. The van der Waals surface area contributed by atoms with E-state index in [4.69, 9.17) is 0 Å². The molecule has 2 rings (SSSR count). The Balaban J connectivity index is 2.06. The summed E-state index contributed by atoms with van der Waals surface area (Å²) < 4.78 is 25.2. The Hall–Kier alpha value is -0.220. The topological polar surface area (TPSA) is 15.3 Å². The molecule has 2 fully saturated rings. The lowest BCUT2D eigenvalue weighted by atomic mass is 9.87. The van der Waals surface area contributed by atoms with Crippen LogP contribution in [0.15, 0.2) is 0 Å². The molecular formula is C12H22F2N2. The van der Waals surface area contributed by atoms with Crippen LogP contribution in [-0.2, 0) is 0 Å². The minimum atomic E-state index is -2.23. The maximum Gasteiger partial charge on any atom is 0.251 e. The molecule has 1 saturated carbocycles. The number of alkyl halides is 2. The van der Waals surface area contributed by atoms with Crippen LogP contribution >= 0.6 is 0 Å². The van der Waals surface area contributed by atoms with Crippen LogP contribution in [0.2, 0.25) is 0 Å². The van der Waals surface area contributed by atoms with Crippen LogP contribution in [0, 0.1) is 0 Å². The second-order valence-electron chi connectivity index (χ2n) is 5.93. The van der Waals surface area contributed by atoms with Crippen molar-refractivity contribution in [3.8, 4) is 0 Å². The SMILES string of the molecule is CC1(C)CNC2(CCCC2)CN1CC(F)F. The molecule has 2 nitrogen and oxygen atoms in total. The lowest BCUT2D eigenvalue weighted by Crippen LogP contribution is -2.67. The second-order valence-corrected chi connectivity index (χ2v) is 5.93. The summed E-state index contributed by atoms with van der Waals surface area (Å²) in [6.45, 7) is 5.61. The van der Waals surface area contributed by atoms with E-state index < -0.39 is 6.43 Å². The molecule has 0 amide bonds. The van der Waals surface area contributed by atoms with Gasteiger partial charge in [0.25, 0.3) is 6.43 Å². The van der Waals surface area contributed by atoms with Crippen LogP contribution < -0.4 is 5.32 Å². The normalized spacial score (nSPS) is 29.1. The van der Waals surface area contributed by atoms with E-state index >= 15 is 0 Å². The van der Waals surface area contributed by atoms with Gasteiger partial charge in [-0.1, -0.05) is 12.8 Å². The molecular weight excluding hydrogens is 210 g/mol. The van der Waals surface area contributed by atoms with Crippen molar-refractivity contribution < 1.29 is 8.78 Å². The fourth-order valence-corrected chi connectivity index (χ4v) is 3.02. The molecule has 2 aliphatic rings. The van der Waals surface area contributed by atoms with Gasteiger partial charge in [0.15, 0.2) is 0 Å². The molecule has 1 spiro atoms. The van der Waals surface area contributed by atoms with Gasteiger partial charge in [0.05, 0.1) is 6.54 Å². The molecule has 0 atom stereocenters. The molecule has 1 saturated heterocycles. The van der Waals surface area contributed by atoms with E-state index in [0.29, 0.717) is 0 Å². The molecule has 16 heavy (non-hydrogen) atoms. The Morgan fingerprint density at radius 2 is 1.88 bits per heavy atom. The number of rotatable bonds is 2. The average Bonchev–Trinajstić information content (AvgIpc) is 2.61. The van der Waals surface area contributed by atoms with Gasteiger partial charge in [-0.2, -0.15) is 0 Å². The summed E-state index contributed by atoms with van der Waals surface area (Å²) in [6.07, 6.45) is 2.52. The van der Waals surface area contributed by atoms with Gasteiger partial charge in [0, 0.05) is 24.2 Å². The minimum absolute atomic E-state index is 0.0869. The Bertz CT molecular complexity index is 247. The van der Waals surface area contributed by atoms with Crippen LogP contribution in [0.25, 0.3) is 0 Å². The fourth-order valence-electron chi connectivity index (χ4n) is 3.02. The monoisotopic (exact) mass is 232 g/mol. The molecule has 1 aliphatic carbocycles. The zero-order chi connectivity index (χ0) is 11.8. The van der Waals surface area contributed by atoms with Gasteiger partial charge in [-0.15, -0.1) is 0 Å². The van der Waals surface area contributed by atoms with Crippen molar-refractivity contribution in [3.63, 3.8) is 0 Å². The minimum Gasteiger partial charge on any atom is -0.308 e. The van der Waals surface area contributed by atoms with Crippen molar-refractivity contribution in [1.82, 2.24) is 10.2 Å². The van der Waals surface area contributed by atoms with Crippen molar-refractivity contribution in [3.05, 3.63) is 0 Å². The summed E-state index contributed by atoms with van der Waals surface area (Å²) in [5, 5.41) is 3.60. The van der Waals surface area contributed by atoms with Crippen LogP contribution in [0.4, 0.5) is 8.78 Å². The van der Waals surface area contributed by atoms with Gasteiger partial charge in [0.2, 0.25) is 0 Å². The van der Waals surface area contributed by atoms with E-state index in [1.807, 2.05) is 18.7 Å². The maximum absolute atomic E-state index is 12.6. The summed E-state index contributed by atoms with van der Waals surface area (Å²) >= 11 is 0. The Morgan fingerprint density at radius 3 is 2.44 bits per heavy atom. The third kappa shape index (κ3) is 2.38. The maximum atomic E-state index is 12.6. The van der Waals surface area contributed by atoms with Crippen LogP contribution in [0.1, 0.15) is 39.5 Å². The van der Waals surface area contributed by atoms with Crippen LogP contribution in [-0.4, -0.2) is 42.0 Å². The van der Waals surface area contributed by atoms with E-state index in [-0.39, 0.29) is 17.6 Å². The van der Waals surface area contributed by atoms with Gasteiger partial charge in [-0.3, -0.25) is 4.90 Å². The van der Waals surface area contributed by atoms with Crippen molar-refractivity contribution in [2.75, 3.05) is 19.6 Å². The predicted octanol–water partition coefficient (Wildman–Crippen LogP) is 2.25. The van der Waals surface area contributed by atoms with E-state index in [0.717, 1.165) is 25.9 Å². The highest BCUT2D eigenvalue weighted by Crippen LogP contribution is 2.35. The summed E-state index contributed by atoms with van der Waals surface area (Å²) in [4.78, 5) is 1.97. The highest BCUT2D eigenvalue weighted by molar-refractivity contribution is 5.04. The van der Waals surface area contributed by atoms with Crippen molar-refractivity contribution in [2.24, 2.45) is 0 Å². The standard InChI is InChI=1S/C12H22F2N2/c1-11(2)8-15-12(5-3-4-6-12)9-16(11)7-10(13)14/h10,15H,3-9H2,1-2H3. The van der Waals surface area contributed by atoms with Crippen molar-refractivity contribution in [2.45, 2.75) is 57.0 Å². The summed E-state index contributed by atoms with van der Waals surface area (Å²) in [5.74, 6) is 0. The van der Waals surface area contributed by atoms with Gasteiger partial charge >= 0.3 is 0 Å². The Morgan fingerprint density at radius 1 is 1.25 bits per heavy atom. The first-order chi connectivity index (χ1) is 7.44. The van der Waals surface area contributed by atoms with Gasteiger partial charge in [-0.05, 0) is 26.7 Å². The molecule has 1 N–H and O–H groups in total. The molecule has 0 aromatic rings. The molecule has 0 radical (unpaired) electrons. The molecule has 0 bridgehead atoms. The Kier molecular flexibility index (Phi) is 3.23. The smallest absolute Gasteiger partial charge is 0.251 e. The van der Waals surface area contributed by atoms with E-state index in [1.165, 1.54) is 12.8 Å². The number of halogens is 2. The fraction of sp³-hybridized carbons (Fsp3) is 1.00. The first-order valence-electron chi connectivity index (χ1n) is 6.22. The summed E-state index contributed by atoms with van der Waals surface area (Å²) in [5.41, 5.74) is -0.0192. The van der Waals surface area contributed by atoms with Crippen molar-refractivity contribution >= 4 is 0 Å². The lowest BCUT2D eigenvalue weighted by molar-refractivity contribution is -0.0153. The lowest BCUT2D eigenvalue weighted by Gasteiger charge is -2.51. The third-order valence-electron chi connectivity index (χ3n) is 4.16. The highest BCUT2D eigenvalue weighted by atomic mass is 19.3. The van der Waals surface area contributed by atoms with Gasteiger partial charge in [-0.25, -0.2) is 8.78 Å². The average molecular weight is 232 g/mol. The number of nitrogens with zero attached hydrogens (tertiary/aromatic N) is 1. The molecule has 94 valence electrons. The summed E-state index contributed by atoms with van der Waals surface area (Å²) in [6, 6.07) is 0. The second kappa shape index (κ2) is 4.22. The largest absolute Gasteiger partial charge is 0.308 e. The molecule has 1 heterocycles. The number of hydrogen-bond acceptors (Lipinski definition) is 2. The first kappa shape index (κ1) is 12.2. The first-order valence-corrected chi connectivity index (χ1v) is 6.22. The number of hydrogen-bond donors (Lipinski definition) is 1. The van der Waals surface area contributed by atoms with Gasteiger partial charge in [0.1, 0.15) is 0 Å². The highest BCUT2D eigenvalue weighted by Gasteiger charge is 2.44. The molecule has 1 aliphatic heterocycles. The quantitative estimate of drug-likeness (QED) is 0.785.